The first kappa shape index (κ1) is 10.3. The Hall–Kier alpha value is -2.23. The van der Waals surface area contributed by atoms with E-state index in [1.165, 1.54) is 0 Å². The normalized spacial score (nSPS) is 11.4. The minimum Gasteiger partial charge on any atom is -0.481 e. The van der Waals surface area contributed by atoms with Crippen LogP contribution in [0.1, 0.15) is 11.3 Å². The molecule has 0 aliphatic heterocycles. The van der Waals surface area contributed by atoms with E-state index in [1.54, 1.807) is 31.7 Å². The van der Waals surface area contributed by atoms with Gasteiger partial charge in [0, 0.05) is 29.6 Å². The van der Waals surface area contributed by atoms with Crippen molar-refractivity contribution < 1.29 is 9.15 Å². The Labute approximate surface area is 93.4 Å². The second-order valence-corrected chi connectivity index (χ2v) is 3.20. The molecule has 82 valence electrons. The van der Waals surface area contributed by atoms with Gasteiger partial charge in [0.05, 0.1) is 13.4 Å². The third-order valence-electron chi connectivity index (χ3n) is 2.12. The molecule has 4 heteroatoms. The van der Waals surface area contributed by atoms with Gasteiger partial charge < -0.3 is 14.9 Å². The Morgan fingerprint density at radius 3 is 2.88 bits per heavy atom. The molecule has 0 aliphatic carbocycles. The van der Waals surface area contributed by atoms with Crippen molar-refractivity contribution in [3.8, 4) is 5.88 Å². The van der Waals surface area contributed by atoms with Gasteiger partial charge in [-0.25, -0.2) is 4.98 Å². The van der Waals surface area contributed by atoms with Gasteiger partial charge in [0.2, 0.25) is 5.88 Å². The lowest BCUT2D eigenvalue weighted by Gasteiger charge is -2.02. The van der Waals surface area contributed by atoms with Crippen molar-refractivity contribution in [3.05, 3.63) is 48.0 Å². The molecule has 16 heavy (non-hydrogen) atoms. The first-order valence-corrected chi connectivity index (χ1v) is 4.80. The van der Waals surface area contributed by atoms with E-state index < -0.39 is 0 Å². The summed E-state index contributed by atoms with van der Waals surface area (Å²) in [5.41, 5.74) is 7.33. The Balaban J connectivity index is 2.23. The molecule has 2 heterocycles. The summed E-state index contributed by atoms with van der Waals surface area (Å²) in [4.78, 5) is 4.07. The maximum absolute atomic E-state index is 5.90. The van der Waals surface area contributed by atoms with Gasteiger partial charge in [-0.1, -0.05) is 0 Å². The van der Waals surface area contributed by atoms with Crippen LogP contribution in [0.4, 0.5) is 0 Å². The molecule has 0 bridgehead atoms. The summed E-state index contributed by atoms with van der Waals surface area (Å²) in [7, 11) is 1.57. The highest BCUT2D eigenvalue weighted by molar-refractivity contribution is 5.77. The van der Waals surface area contributed by atoms with Crippen LogP contribution in [0.3, 0.4) is 0 Å². The van der Waals surface area contributed by atoms with Crippen LogP contribution in [-0.4, -0.2) is 12.1 Å². The molecule has 2 N–H and O–H groups in total. The predicted molar refractivity (Wildman–Crippen MR) is 61.6 cm³/mol. The number of nitrogens with two attached hydrogens (primary N) is 1. The van der Waals surface area contributed by atoms with Gasteiger partial charge in [0.15, 0.2) is 0 Å². The van der Waals surface area contributed by atoms with E-state index in [0.29, 0.717) is 17.3 Å². The van der Waals surface area contributed by atoms with Crippen molar-refractivity contribution in [1.29, 1.82) is 0 Å². The van der Waals surface area contributed by atoms with Gasteiger partial charge in [-0.3, -0.25) is 0 Å². The zero-order valence-electron chi connectivity index (χ0n) is 8.88. The number of pyridine rings is 1. The quantitative estimate of drug-likeness (QED) is 0.853. The zero-order valence-corrected chi connectivity index (χ0v) is 8.88. The van der Waals surface area contributed by atoms with E-state index in [4.69, 9.17) is 14.9 Å². The first-order valence-electron chi connectivity index (χ1n) is 4.80. The second kappa shape index (κ2) is 4.53. The smallest absolute Gasteiger partial charge is 0.212 e. The number of rotatable bonds is 3. The Morgan fingerprint density at radius 2 is 2.31 bits per heavy atom. The number of hydrogen-bond donors (Lipinski definition) is 1. The minimum absolute atomic E-state index is 0.564. The van der Waals surface area contributed by atoms with Gasteiger partial charge in [0.1, 0.15) is 5.76 Å². The summed E-state index contributed by atoms with van der Waals surface area (Å²) in [6.45, 7) is 0. The van der Waals surface area contributed by atoms with Gasteiger partial charge in [0.25, 0.3) is 0 Å². The highest BCUT2D eigenvalue weighted by atomic mass is 16.5. The van der Waals surface area contributed by atoms with Gasteiger partial charge in [-0.2, -0.15) is 0 Å². The summed E-state index contributed by atoms with van der Waals surface area (Å²) >= 11 is 0. The minimum atomic E-state index is 0.564. The average molecular weight is 216 g/mol. The van der Waals surface area contributed by atoms with Gasteiger partial charge in [-0.15, -0.1) is 0 Å². The number of hydrogen-bond acceptors (Lipinski definition) is 4. The van der Waals surface area contributed by atoms with Crippen LogP contribution in [0.2, 0.25) is 0 Å². The molecule has 0 atom stereocenters. The second-order valence-electron chi connectivity index (χ2n) is 3.20. The molecule has 0 saturated heterocycles. The molecule has 0 aliphatic rings. The molecular formula is C12H12N2O2. The molecule has 0 spiro atoms. The lowest BCUT2D eigenvalue weighted by molar-refractivity contribution is 0.398. The van der Waals surface area contributed by atoms with Gasteiger partial charge in [-0.05, 0) is 18.2 Å². The molecule has 0 amide bonds. The topological polar surface area (TPSA) is 61.3 Å². The first-order chi connectivity index (χ1) is 7.79. The zero-order chi connectivity index (χ0) is 11.4. The fourth-order valence-electron chi connectivity index (χ4n) is 1.28. The summed E-state index contributed by atoms with van der Waals surface area (Å²) in [6, 6.07) is 7.26. The lowest BCUT2D eigenvalue weighted by Crippen LogP contribution is -1.97. The van der Waals surface area contributed by atoms with E-state index in [1.807, 2.05) is 18.2 Å². The van der Waals surface area contributed by atoms with Crippen LogP contribution in [0.25, 0.3) is 11.8 Å². The van der Waals surface area contributed by atoms with Crippen LogP contribution < -0.4 is 10.5 Å². The van der Waals surface area contributed by atoms with Crippen molar-refractivity contribution in [2.45, 2.75) is 0 Å². The van der Waals surface area contributed by atoms with Crippen LogP contribution in [-0.2, 0) is 0 Å². The largest absolute Gasteiger partial charge is 0.481 e. The maximum atomic E-state index is 5.90. The van der Waals surface area contributed by atoms with Crippen molar-refractivity contribution in [3.63, 3.8) is 0 Å². The summed E-state index contributed by atoms with van der Waals surface area (Å²) < 4.78 is 10.1. The molecule has 0 unspecified atom stereocenters. The number of nitrogens with zero attached hydrogens (tertiary/aromatic N) is 1. The number of ether oxygens (including phenoxy) is 1. The fraction of sp³-hybridized carbons (Fsp3) is 0.0833. The van der Waals surface area contributed by atoms with Crippen molar-refractivity contribution in [1.82, 2.24) is 4.98 Å². The Bertz CT molecular complexity index is 472. The van der Waals surface area contributed by atoms with Crippen LogP contribution in [0, 0.1) is 0 Å². The van der Waals surface area contributed by atoms with E-state index in [2.05, 4.69) is 4.98 Å². The molecule has 0 aromatic carbocycles. The fourth-order valence-corrected chi connectivity index (χ4v) is 1.28. The lowest BCUT2D eigenvalue weighted by atomic mass is 10.2. The highest BCUT2D eigenvalue weighted by Crippen LogP contribution is 2.15. The Morgan fingerprint density at radius 1 is 1.44 bits per heavy atom. The van der Waals surface area contributed by atoms with Crippen LogP contribution in [0.15, 0.2) is 41.1 Å². The number of furan rings is 1. The molecule has 2 rings (SSSR count). The third-order valence-corrected chi connectivity index (χ3v) is 2.12. The summed E-state index contributed by atoms with van der Waals surface area (Å²) in [6.07, 6.45) is 5.02. The van der Waals surface area contributed by atoms with E-state index in [9.17, 15) is 0 Å². The van der Waals surface area contributed by atoms with Gasteiger partial charge >= 0.3 is 0 Å². The molecular weight excluding hydrogens is 204 g/mol. The standard InChI is InChI=1S/C12H12N2O2/c1-15-12-5-4-9(8-14-12)11(13)7-10-3-2-6-16-10/h2-8H,13H2,1H3/b11-7+. The van der Waals surface area contributed by atoms with Crippen molar-refractivity contribution in [2.75, 3.05) is 7.11 Å². The molecule has 0 saturated carbocycles. The SMILES string of the molecule is COc1ccc(/C(N)=C\c2ccco2)cn1. The number of methoxy groups -OCH3 is 1. The van der Waals surface area contributed by atoms with E-state index >= 15 is 0 Å². The monoisotopic (exact) mass is 216 g/mol. The summed E-state index contributed by atoms with van der Waals surface area (Å²) in [5, 5.41) is 0. The molecule has 2 aromatic heterocycles. The van der Waals surface area contributed by atoms with Crippen molar-refractivity contribution >= 4 is 11.8 Å². The average Bonchev–Trinajstić information content (AvgIpc) is 2.82. The van der Waals surface area contributed by atoms with Crippen LogP contribution in [0.5, 0.6) is 5.88 Å². The molecule has 0 radical (unpaired) electrons. The van der Waals surface area contributed by atoms with Crippen molar-refractivity contribution in [2.24, 2.45) is 5.73 Å². The highest BCUT2D eigenvalue weighted by Gasteiger charge is 1.99. The number of aromatic nitrogens is 1. The Kier molecular flexibility index (Phi) is 2.91. The maximum Gasteiger partial charge on any atom is 0.212 e. The molecule has 2 aromatic rings. The molecule has 4 nitrogen and oxygen atoms in total. The summed E-state index contributed by atoms with van der Waals surface area (Å²) in [5.74, 6) is 1.28. The third kappa shape index (κ3) is 2.23. The van der Waals surface area contributed by atoms with E-state index in [0.717, 1.165) is 5.56 Å². The van der Waals surface area contributed by atoms with Crippen LogP contribution >= 0.6 is 0 Å². The predicted octanol–water partition coefficient (Wildman–Crippen LogP) is 2.14. The molecule has 0 fully saturated rings. The van der Waals surface area contributed by atoms with E-state index in [-0.39, 0.29) is 0 Å².